The Morgan fingerprint density at radius 1 is 0.356 bits per heavy atom. The van der Waals surface area contributed by atoms with Gasteiger partial charge in [0, 0.05) is 12.8 Å². The molecule has 87 heavy (non-hydrogen) atoms. The van der Waals surface area contributed by atoms with E-state index in [9.17, 15) is 19.0 Å². The number of rotatable bonds is 72. The van der Waals surface area contributed by atoms with Gasteiger partial charge in [-0.3, -0.25) is 14.2 Å². The Kier molecular flexibility index (Phi) is 67.2. The van der Waals surface area contributed by atoms with Crippen LogP contribution in [0.3, 0.4) is 0 Å². The van der Waals surface area contributed by atoms with Crippen LogP contribution in [0.4, 0.5) is 0 Å². The molecule has 0 aromatic rings. The van der Waals surface area contributed by atoms with Crippen molar-refractivity contribution in [3.05, 3.63) is 36.5 Å². The number of carbonyl (C=O) groups excluding carboxylic acids is 2. The molecule has 2 atom stereocenters. The van der Waals surface area contributed by atoms with Crippen LogP contribution < -0.4 is 4.89 Å². The van der Waals surface area contributed by atoms with Crippen LogP contribution in [0.1, 0.15) is 393 Å². The van der Waals surface area contributed by atoms with E-state index in [-0.39, 0.29) is 32.0 Å². The Bertz CT molecular complexity index is 1560. The van der Waals surface area contributed by atoms with Crippen molar-refractivity contribution in [2.45, 2.75) is 399 Å². The summed E-state index contributed by atoms with van der Waals surface area (Å²) in [4.78, 5) is 38.1. The average Bonchev–Trinajstić information content (AvgIpc) is 3.49. The first-order valence-electron chi connectivity index (χ1n) is 38.2. The van der Waals surface area contributed by atoms with E-state index in [1.54, 1.807) is 0 Å². The van der Waals surface area contributed by atoms with Crippen molar-refractivity contribution in [3.8, 4) is 0 Å². The largest absolute Gasteiger partial charge is 0.756 e. The van der Waals surface area contributed by atoms with Crippen molar-refractivity contribution >= 4 is 19.8 Å². The van der Waals surface area contributed by atoms with E-state index in [0.29, 0.717) is 17.4 Å². The number of phosphoric ester groups is 1. The molecule has 514 valence electrons. The van der Waals surface area contributed by atoms with Crippen LogP contribution in [-0.4, -0.2) is 70.0 Å². The topological polar surface area (TPSA) is 111 Å². The van der Waals surface area contributed by atoms with E-state index < -0.39 is 26.5 Å². The van der Waals surface area contributed by atoms with Gasteiger partial charge in [-0.2, -0.15) is 0 Å². The molecule has 0 bridgehead atoms. The molecule has 2 unspecified atom stereocenters. The Balaban J connectivity index is 3.91. The number of hydrogen-bond donors (Lipinski definition) is 0. The highest BCUT2D eigenvalue weighted by Crippen LogP contribution is 2.38. The fraction of sp³-hybridized carbons (Fsp3) is 0.896. The van der Waals surface area contributed by atoms with Gasteiger partial charge in [-0.25, -0.2) is 0 Å². The lowest BCUT2D eigenvalue weighted by Gasteiger charge is -2.28. The number of quaternary nitrogens is 1. The third-order valence-corrected chi connectivity index (χ3v) is 18.4. The Morgan fingerprint density at radius 2 is 0.621 bits per heavy atom. The summed E-state index contributed by atoms with van der Waals surface area (Å²) < 4.78 is 34.4. The van der Waals surface area contributed by atoms with Crippen molar-refractivity contribution in [2.75, 3.05) is 47.5 Å². The molecule has 10 heteroatoms. The fourth-order valence-electron chi connectivity index (χ4n) is 11.6. The normalized spacial score (nSPS) is 13.2. The Morgan fingerprint density at radius 3 is 0.920 bits per heavy atom. The molecule has 0 N–H and O–H groups in total. The van der Waals surface area contributed by atoms with Gasteiger partial charge in [-0.1, -0.05) is 365 Å². The molecule has 0 heterocycles. The number of ether oxygens (including phenoxy) is 2. The van der Waals surface area contributed by atoms with Crippen LogP contribution in [0.25, 0.3) is 0 Å². The average molecular weight is 1250 g/mol. The molecule has 9 nitrogen and oxygen atoms in total. The van der Waals surface area contributed by atoms with Gasteiger partial charge < -0.3 is 27.9 Å². The van der Waals surface area contributed by atoms with Crippen LogP contribution in [0.15, 0.2) is 36.5 Å². The molecule has 0 radical (unpaired) electrons. The first-order valence-corrected chi connectivity index (χ1v) is 39.7. The lowest BCUT2D eigenvalue weighted by atomic mass is 10.0. The second-order valence-corrected chi connectivity index (χ2v) is 28.8. The number of hydrogen-bond acceptors (Lipinski definition) is 8. The smallest absolute Gasteiger partial charge is 0.306 e. The SMILES string of the molecule is CCCCCCC/C=C\C/C=C\C/C=C\CCCCCCCCCCCCC(=O)OC(COC(=O)CCCCCCCCCCCCCCCCCCCCCCCCCCCCCCCCCCCCCCCC)COP(=O)([O-])OCC[N+](C)(C)C. The molecule has 0 fully saturated rings. The summed E-state index contributed by atoms with van der Waals surface area (Å²) in [7, 11) is 1.18. The van der Waals surface area contributed by atoms with Gasteiger partial charge in [-0.15, -0.1) is 0 Å². The maximum absolute atomic E-state index is 12.9. The van der Waals surface area contributed by atoms with Crippen LogP contribution in [0.5, 0.6) is 0 Å². The zero-order chi connectivity index (χ0) is 63.4. The summed E-state index contributed by atoms with van der Waals surface area (Å²) in [6.07, 6.45) is 88.4. The molecular weight excluding hydrogens is 1100 g/mol. The third-order valence-electron chi connectivity index (χ3n) is 17.4. The van der Waals surface area contributed by atoms with Crippen LogP contribution in [0.2, 0.25) is 0 Å². The molecule has 0 aromatic carbocycles. The Hall–Kier alpha value is -1.77. The van der Waals surface area contributed by atoms with Crippen molar-refractivity contribution in [1.29, 1.82) is 0 Å². The van der Waals surface area contributed by atoms with Crippen molar-refractivity contribution in [2.24, 2.45) is 0 Å². The third kappa shape index (κ3) is 73.2. The minimum atomic E-state index is -4.64. The van der Waals surface area contributed by atoms with Crippen LogP contribution >= 0.6 is 7.82 Å². The van der Waals surface area contributed by atoms with E-state index >= 15 is 0 Å². The summed E-state index contributed by atoms with van der Waals surface area (Å²) in [6, 6.07) is 0. The van der Waals surface area contributed by atoms with Crippen LogP contribution in [-0.2, 0) is 32.7 Å². The van der Waals surface area contributed by atoms with Gasteiger partial charge in [0.05, 0.1) is 27.7 Å². The summed E-state index contributed by atoms with van der Waals surface area (Å²) >= 11 is 0. The highest BCUT2D eigenvalue weighted by Gasteiger charge is 2.22. The summed E-state index contributed by atoms with van der Waals surface area (Å²) in [5.41, 5.74) is 0. The zero-order valence-electron chi connectivity index (χ0n) is 58.7. The highest BCUT2D eigenvalue weighted by molar-refractivity contribution is 7.45. The van der Waals surface area contributed by atoms with E-state index in [1.165, 1.54) is 302 Å². The fourth-order valence-corrected chi connectivity index (χ4v) is 12.3. The van der Waals surface area contributed by atoms with Gasteiger partial charge in [0.25, 0.3) is 7.82 Å². The van der Waals surface area contributed by atoms with Gasteiger partial charge in [0.1, 0.15) is 19.8 Å². The maximum atomic E-state index is 12.9. The summed E-state index contributed by atoms with van der Waals surface area (Å²) in [6.45, 7) is 4.29. The van der Waals surface area contributed by atoms with Gasteiger partial charge >= 0.3 is 11.9 Å². The monoisotopic (exact) mass is 1250 g/mol. The standard InChI is InChI=1S/C77H148NO8P/c1-6-8-10-12-14-16-18-20-22-24-26-28-30-32-33-34-35-36-37-38-39-40-41-42-43-44-46-47-49-51-53-55-57-59-61-63-65-67-69-76(79)83-73-75(74-85-87(81,82)84-72-71-78(3,4)5)86-77(80)70-68-66-64-62-60-58-56-54-52-50-48-45-31-29-27-25-23-21-19-17-15-13-11-9-7-2/h19,21,25,27,31,45,75H,6-18,20,22-24,26,28-30,32-44,46-74H2,1-5H3/b21-19-,27-25-,45-31-. The predicted octanol–water partition coefficient (Wildman–Crippen LogP) is 24.4. The number of nitrogens with zero attached hydrogens (tertiary/aromatic N) is 1. The molecule has 0 saturated carbocycles. The minimum Gasteiger partial charge on any atom is -0.756 e. The minimum absolute atomic E-state index is 0.0299. The molecule has 0 amide bonds. The Labute approximate surface area is 541 Å². The molecule has 0 rings (SSSR count). The number of esters is 2. The lowest BCUT2D eigenvalue weighted by Crippen LogP contribution is -2.37. The summed E-state index contributed by atoms with van der Waals surface area (Å²) in [5, 5.41) is 0. The maximum Gasteiger partial charge on any atom is 0.306 e. The van der Waals surface area contributed by atoms with E-state index in [0.717, 1.165) is 57.8 Å². The summed E-state index contributed by atoms with van der Waals surface area (Å²) in [5.74, 6) is -0.818. The van der Waals surface area contributed by atoms with Gasteiger partial charge in [0.2, 0.25) is 0 Å². The second kappa shape index (κ2) is 68.6. The first-order chi connectivity index (χ1) is 42.5. The molecule has 0 saturated heterocycles. The highest BCUT2D eigenvalue weighted by atomic mass is 31.2. The molecular formula is C77H148NO8P. The quantitative estimate of drug-likeness (QED) is 0.0195. The first kappa shape index (κ1) is 85.2. The number of likely N-dealkylation sites (N-methyl/N-ethyl adjacent to an activating group) is 1. The second-order valence-electron chi connectivity index (χ2n) is 27.4. The van der Waals surface area contributed by atoms with Crippen molar-refractivity contribution < 1.29 is 42.1 Å². The van der Waals surface area contributed by atoms with Crippen molar-refractivity contribution in [1.82, 2.24) is 0 Å². The predicted molar refractivity (Wildman–Crippen MR) is 374 cm³/mol. The van der Waals surface area contributed by atoms with Gasteiger partial charge in [-0.05, 0) is 51.4 Å². The van der Waals surface area contributed by atoms with E-state index in [2.05, 4.69) is 50.3 Å². The molecule has 0 aliphatic rings. The zero-order valence-corrected chi connectivity index (χ0v) is 59.6. The molecule has 0 spiro atoms. The van der Waals surface area contributed by atoms with Gasteiger partial charge in [0.15, 0.2) is 6.10 Å². The lowest BCUT2D eigenvalue weighted by molar-refractivity contribution is -0.870. The van der Waals surface area contributed by atoms with Crippen LogP contribution in [0, 0.1) is 0 Å². The number of unbranched alkanes of at least 4 members (excludes halogenated alkanes) is 52. The van der Waals surface area contributed by atoms with Crippen molar-refractivity contribution in [3.63, 3.8) is 0 Å². The number of allylic oxidation sites excluding steroid dienone is 6. The molecule has 0 aliphatic carbocycles. The van der Waals surface area contributed by atoms with E-state index in [4.69, 9.17) is 18.5 Å². The molecule has 0 aliphatic heterocycles. The molecule has 0 aromatic heterocycles. The van der Waals surface area contributed by atoms with E-state index in [1.807, 2.05) is 21.1 Å². The number of phosphoric acid groups is 1. The number of carbonyl (C=O) groups is 2.